The van der Waals surface area contributed by atoms with Gasteiger partial charge >= 0.3 is 0 Å². The summed E-state index contributed by atoms with van der Waals surface area (Å²) in [6.45, 7) is 2.92. The average Bonchev–Trinajstić information content (AvgIpc) is 3.44. The summed E-state index contributed by atoms with van der Waals surface area (Å²) in [5.41, 5.74) is 1.53. The van der Waals surface area contributed by atoms with Gasteiger partial charge in [0.25, 0.3) is 5.56 Å². The monoisotopic (exact) mass is 497 g/mol. The van der Waals surface area contributed by atoms with Gasteiger partial charge in [0.2, 0.25) is 4.96 Å². The molecule has 0 aliphatic heterocycles. The molecule has 6 nitrogen and oxygen atoms in total. The van der Waals surface area contributed by atoms with E-state index in [1.165, 1.54) is 35.1 Å². The number of para-hydroxylation sites is 1. The van der Waals surface area contributed by atoms with Gasteiger partial charge in [0, 0.05) is 5.56 Å². The van der Waals surface area contributed by atoms with Crippen molar-refractivity contribution in [1.82, 2.24) is 14.6 Å². The Morgan fingerprint density at radius 3 is 2.47 bits per heavy atom. The molecule has 182 valence electrons. The third-order valence-corrected chi connectivity index (χ3v) is 6.65. The van der Waals surface area contributed by atoms with Crippen molar-refractivity contribution in [2.24, 2.45) is 0 Å². The van der Waals surface area contributed by atoms with Crippen LogP contribution < -0.4 is 19.6 Å². The fourth-order valence-electron chi connectivity index (χ4n) is 3.82. The van der Waals surface area contributed by atoms with Gasteiger partial charge in [0.05, 0.1) is 11.1 Å². The molecule has 2 aromatic heterocycles. The highest BCUT2D eigenvalue weighted by molar-refractivity contribution is 7.15. The molecule has 0 aliphatic carbocycles. The van der Waals surface area contributed by atoms with E-state index < -0.39 is 0 Å². The second-order valence-electron chi connectivity index (χ2n) is 8.47. The molecule has 2 heterocycles. The number of hydrogen-bond acceptors (Lipinski definition) is 6. The number of nitrogens with zero attached hydrogens (tertiary/aromatic N) is 3. The van der Waals surface area contributed by atoms with Gasteiger partial charge in [-0.3, -0.25) is 4.79 Å². The van der Waals surface area contributed by atoms with Crippen LogP contribution in [0.25, 0.3) is 22.4 Å². The van der Waals surface area contributed by atoms with Crippen LogP contribution in [-0.4, -0.2) is 21.2 Å². The van der Waals surface area contributed by atoms with Crippen LogP contribution in [0.1, 0.15) is 38.2 Å². The standard InChI is InChI=1S/C29H27N3O3S/c1-2-3-4-8-18-34-23-16-14-22(15-17-23)27-30-29-32(31-27)28(33)26(36-29)20-21-10-9-13-25(19-21)35-24-11-6-5-7-12-24/h5-7,9-17,19-20H,2-4,8,18H2,1H3/b26-20+. The Balaban J connectivity index is 1.31. The highest BCUT2D eigenvalue weighted by Gasteiger charge is 2.12. The number of ether oxygens (including phenoxy) is 2. The Morgan fingerprint density at radius 2 is 1.69 bits per heavy atom. The van der Waals surface area contributed by atoms with Gasteiger partial charge in [-0.1, -0.05) is 67.9 Å². The van der Waals surface area contributed by atoms with Crippen molar-refractivity contribution in [3.63, 3.8) is 0 Å². The molecule has 5 rings (SSSR count). The predicted molar refractivity (Wildman–Crippen MR) is 144 cm³/mol. The minimum absolute atomic E-state index is 0.185. The van der Waals surface area contributed by atoms with Gasteiger partial charge in [0.1, 0.15) is 17.2 Å². The van der Waals surface area contributed by atoms with E-state index in [9.17, 15) is 4.79 Å². The van der Waals surface area contributed by atoms with Crippen LogP contribution in [0.2, 0.25) is 0 Å². The highest BCUT2D eigenvalue weighted by Crippen LogP contribution is 2.23. The van der Waals surface area contributed by atoms with Crippen molar-refractivity contribution in [3.8, 4) is 28.6 Å². The number of hydrogen-bond donors (Lipinski definition) is 0. The molecular weight excluding hydrogens is 470 g/mol. The second-order valence-corrected chi connectivity index (χ2v) is 9.48. The lowest BCUT2D eigenvalue weighted by molar-refractivity contribution is 0.305. The van der Waals surface area contributed by atoms with Crippen molar-refractivity contribution < 1.29 is 9.47 Å². The van der Waals surface area contributed by atoms with Crippen LogP contribution >= 0.6 is 11.3 Å². The highest BCUT2D eigenvalue weighted by atomic mass is 32.1. The molecule has 0 atom stereocenters. The largest absolute Gasteiger partial charge is 0.494 e. The van der Waals surface area contributed by atoms with Crippen molar-refractivity contribution in [3.05, 3.63) is 99.3 Å². The molecule has 36 heavy (non-hydrogen) atoms. The van der Waals surface area contributed by atoms with Gasteiger partial charge in [-0.05, 0) is 66.6 Å². The van der Waals surface area contributed by atoms with E-state index in [4.69, 9.17) is 9.47 Å². The molecular formula is C29H27N3O3S. The lowest BCUT2D eigenvalue weighted by Crippen LogP contribution is -2.23. The molecule has 0 unspecified atom stereocenters. The van der Waals surface area contributed by atoms with E-state index in [0.29, 0.717) is 21.1 Å². The molecule has 0 bridgehead atoms. The zero-order valence-corrected chi connectivity index (χ0v) is 20.9. The molecule has 3 aromatic carbocycles. The van der Waals surface area contributed by atoms with Crippen molar-refractivity contribution in [2.45, 2.75) is 32.6 Å². The lowest BCUT2D eigenvalue weighted by Gasteiger charge is -2.06. The fraction of sp³-hybridized carbons (Fsp3) is 0.207. The Hall–Kier alpha value is -3.97. The summed E-state index contributed by atoms with van der Waals surface area (Å²) in [7, 11) is 0. The van der Waals surface area contributed by atoms with Gasteiger partial charge < -0.3 is 9.47 Å². The summed E-state index contributed by atoms with van der Waals surface area (Å²) in [5, 5.41) is 4.46. The number of rotatable bonds is 10. The zero-order chi connectivity index (χ0) is 24.7. The van der Waals surface area contributed by atoms with Crippen LogP contribution in [0.5, 0.6) is 17.2 Å². The Kier molecular flexibility index (Phi) is 7.38. The summed E-state index contributed by atoms with van der Waals surface area (Å²) in [5.74, 6) is 2.82. The second kappa shape index (κ2) is 11.2. The molecule has 7 heteroatoms. The number of fused-ring (bicyclic) bond motifs is 1. The van der Waals surface area contributed by atoms with Crippen molar-refractivity contribution >= 4 is 22.4 Å². The first kappa shape index (κ1) is 23.8. The van der Waals surface area contributed by atoms with Crippen molar-refractivity contribution in [2.75, 3.05) is 6.61 Å². The lowest BCUT2D eigenvalue weighted by atomic mass is 10.2. The fourth-order valence-corrected chi connectivity index (χ4v) is 4.73. The molecule has 0 saturated carbocycles. The summed E-state index contributed by atoms with van der Waals surface area (Å²) >= 11 is 1.32. The molecule has 0 N–H and O–H groups in total. The number of thiazole rings is 1. The average molecular weight is 498 g/mol. The predicted octanol–water partition coefficient (Wildman–Crippen LogP) is 6.12. The molecule has 0 radical (unpaired) electrons. The van der Waals surface area contributed by atoms with Gasteiger partial charge in [-0.25, -0.2) is 0 Å². The Bertz CT molecular complexity index is 1540. The van der Waals surface area contributed by atoms with Crippen LogP contribution in [0.3, 0.4) is 0 Å². The van der Waals surface area contributed by atoms with Crippen LogP contribution in [0.15, 0.2) is 83.7 Å². The van der Waals surface area contributed by atoms with Crippen LogP contribution in [0.4, 0.5) is 0 Å². The minimum atomic E-state index is -0.185. The van der Waals surface area contributed by atoms with E-state index in [0.717, 1.165) is 35.7 Å². The van der Waals surface area contributed by atoms with E-state index in [1.54, 1.807) is 0 Å². The number of unbranched alkanes of at least 4 members (excludes halogenated alkanes) is 3. The molecule has 0 spiro atoms. The van der Waals surface area contributed by atoms with Gasteiger partial charge in [-0.15, -0.1) is 5.10 Å². The molecule has 5 aromatic rings. The first-order chi connectivity index (χ1) is 17.7. The first-order valence-electron chi connectivity index (χ1n) is 12.2. The van der Waals surface area contributed by atoms with Gasteiger partial charge in [0.15, 0.2) is 5.82 Å². The smallest absolute Gasteiger partial charge is 0.291 e. The third kappa shape index (κ3) is 5.63. The summed E-state index contributed by atoms with van der Waals surface area (Å²) in [4.78, 5) is 18.1. The summed E-state index contributed by atoms with van der Waals surface area (Å²) < 4.78 is 13.7. The molecule has 0 amide bonds. The maximum absolute atomic E-state index is 13.0. The van der Waals surface area contributed by atoms with Gasteiger partial charge in [-0.2, -0.15) is 9.50 Å². The van der Waals surface area contributed by atoms with E-state index in [2.05, 4.69) is 17.0 Å². The Labute approximate surface area is 213 Å². The maximum atomic E-state index is 13.0. The van der Waals surface area contributed by atoms with Crippen LogP contribution in [-0.2, 0) is 0 Å². The zero-order valence-electron chi connectivity index (χ0n) is 20.1. The quantitative estimate of drug-likeness (QED) is 0.218. The molecule has 0 saturated heterocycles. The van der Waals surface area contributed by atoms with E-state index in [1.807, 2.05) is 84.9 Å². The SMILES string of the molecule is CCCCCCOc1ccc(-c2nc3s/c(=C/c4cccc(Oc5ccccc5)c4)c(=O)n3n2)cc1. The molecule has 0 fully saturated rings. The van der Waals surface area contributed by atoms with Crippen molar-refractivity contribution in [1.29, 1.82) is 0 Å². The minimum Gasteiger partial charge on any atom is -0.494 e. The van der Waals surface area contributed by atoms with Crippen LogP contribution in [0, 0.1) is 0 Å². The number of aromatic nitrogens is 3. The normalized spacial score (nSPS) is 11.8. The van der Waals surface area contributed by atoms with E-state index >= 15 is 0 Å². The summed E-state index contributed by atoms with van der Waals surface area (Å²) in [6, 6.07) is 24.9. The molecule has 0 aliphatic rings. The maximum Gasteiger partial charge on any atom is 0.291 e. The Morgan fingerprint density at radius 1 is 0.889 bits per heavy atom. The summed E-state index contributed by atoms with van der Waals surface area (Å²) in [6.07, 6.45) is 6.54. The topological polar surface area (TPSA) is 65.7 Å². The third-order valence-electron chi connectivity index (χ3n) is 5.70. The first-order valence-corrected chi connectivity index (χ1v) is 13.0. The number of benzene rings is 3. The van der Waals surface area contributed by atoms with E-state index in [-0.39, 0.29) is 5.56 Å².